The second-order valence-corrected chi connectivity index (χ2v) is 17.9. The van der Waals surface area contributed by atoms with Crippen molar-refractivity contribution in [2.24, 2.45) is 0 Å². The van der Waals surface area contributed by atoms with Crippen molar-refractivity contribution >= 4 is 18.3 Å². The first-order valence-corrected chi connectivity index (χ1v) is 17.4. The summed E-state index contributed by atoms with van der Waals surface area (Å²) in [6.45, 7) is 13.7. The highest BCUT2D eigenvalue weighted by molar-refractivity contribution is 7.89. The smallest absolute Gasteiger partial charge is 0.240 e. The molecule has 210 valence electrons. The van der Waals surface area contributed by atoms with E-state index in [0.29, 0.717) is 19.6 Å². The first-order chi connectivity index (χ1) is 17.8. The molecular weight excluding hydrogens is 518 g/mol. The maximum Gasteiger partial charge on any atom is 0.240 e. The van der Waals surface area contributed by atoms with Crippen LogP contribution in [0, 0.1) is 6.92 Å². The van der Waals surface area contributed by atoms with E-state index in [9.17, 15) is 8.42 Å². The lowest BCUT2D eigenvalue weighted by atomic mass is 10.0. The quantitative estimate of drug-likeness (QED) is 0.285. The van der Waals surface area contributed by atoms with Gasteiger partial charge in [-0.1, -0.05) is 74.9 Å². The van der Waals surface area contributed by atoms with Crippen LogP contribution >= 0.6 is 0 Å². The van der Waals surface area contributed by atoms with E-state index in [2.05, 4.69) is 38.6 Å². The average molecular weight is 562 g/mol. The SMILES string of the molecule is CO[C@H]1CC=C(CNS(=O)(=O)c2ccc(C)cc2)[C@H](OCc2ccccc2)[C@@H](CO[Si](C)(C)C(C)(C)C)O1. The maximum atomic E-state index is 13.1. The van der Waals surface area contributed by atoms with Gasteiger partial charge >= 0.3 is 0 Å². The number of aryl methyl sites for hydroxylation is 1. The number of hydrogen-bond acceptors (Lipinski definition) is 6. The summed E-state index contributed by atoms with van der Waals surface area (Å²) in [5.41, 5.74) is 2.81. The zero-order valence-corrected chi connectivity index (χ0v) is 25.5. The van der Waals surface area contributed by atoms with E-state index < -0.39 is 36.8 Å². The van der Waals surface area contributed by atoms with Crippen molar-refractivity contribution < 1.29 is 27.1 Å². The van der Waals surface area contributed by atoms with Crippen LogP contribution in [0.5, 0.6) is 0 Å². The van der Waals surface area contributed by atoms with E-state index in [1.54, 1.807) is 31.4 Å². The predicted octanol–water partition coefficient (Wildman–Crippen LogP) is 5.57. The van der Waals surface area contributed by atoms with E-state index in [0.717, 1.165) is 16.7 Å². The Hall–Kier alpha value is -1.85. The third kappa shape index (κ3) is 8.32. The molecule has 0 fully saturated rings. The lowest BCUT2D eigenvalue weighted by molar-refractivity contribution is -0.185. The van der Waals surface area contributed by atoms with Crippen molar-refractivity contribution in [2.45, 2.75) is 82.2 Å². The van der Waals surface area contributed by atoms with Crippen molar-refractivity contribution in [1.82, 2.24) is 4.72 Å². The molecule has 9 heteroatoms. The topological polar surface area (TPSA) is 83.1 Å². The molecule has 0 bridgehead atoms. The van der Waals surface area contributed by atoms with Gasteiger partial charge < -0.3 is 18.6 Å². The first kappa shape index (κ1) is 30.7. The van der Waals surface area contributed by atoms with Crippen LogP contribution in [0.2, 0.25) is 18.1 Å². The molecule has 1 heterocycles. The molecule has 0 aliphatic carbocycles. The summed E-state index contributed by atoms with van der Waals surface area (Å²) in [5.74, 6) is 0. The van der Waals surface area contributed by atoms with Crippen LogP contribution in [-0.2, 0) is 35.3 Å². The van der Waals surface area contributed by atoms with Crippen molar-refractivity contribution in [3.05, 3.63) is 77.4 Å². The standard InChI is InChI=1S/C29H43NO6SSi/c1-22-13-16-25(17-14-22)37(31,32)30-19-24-15-18-27(33-5)36-26(21-35-38(6,7)29(2,3)4)28(24)34-20-23-11-9-8-10-12-23/h8-17,26-28,30H,18-21H2,1-7H3/t26-,27-,28+/m1/s1. The van der Waals surface area contributed by atoms with E-state index in [-0.39, 0.29) is 16.5 Å². The van der Waals surface area contributed by atoms with Gasteiger partial charge in [0.25, 0.3) is 0 Å². The molecule has 0 saturated carbocycles. The minimum absolute atomic E-state index is 0.0289. The lowest BCUT2D eigenvalue weighted by Crippen LogP contribution is -2.47. The number of methoxy groups -OCH3 is 1. The van der Waals surface area contributed by atoms with E-state index in [1.165, 1.54) is 0 Å². The summed E-state index contributed by atoms with van der Waals surface area (Å²) in [6.07, 6.45) is 0.946. The van der Waals surface area contributed by atoms with Gasteiger partial charge in [-0.25, -0.2) is 13.1 Å². The van der Waals surface area contributed by atoms with Crippen LogP contribution in [-0.4, -0.2) is 55.5 Å². The largest absolute Gasteiger partial charge is 0.414 e. The number of hydrogen-bond donors (Lipinski definition) is 1. The monoisotopic (exact) mass is 561 g/mol. The Kier molecular flexibility index (Phi) is 10.5. The second kappa shape index (κ2) is 13.0. The molecule has 1 aliphatic heterocycles. The molecule has 2 aromatic carbocycles. The number of rotatable bonds is 11. The van der Waals surface area contributed by atoms with E-state index in [4.69, 9.17) is 18.6 Å². The van der Waals surface area contributed by atoms with Gasteiger partial charge in [0.1, 0.15) is 12.2 Å². The first-order valence-electron chi connectivity index (χ1n) is 13.1. The third-order valence-electron chi connectivity index (χ3n) is 7.35. The lowest BCUT2D eigenvalue weighted by Gasteiger charge is -2.38. The van der Waals surface area contributed by atoms with Gasteiger partial charge in [-0.3, -0.25) is 0 Å². The van der Waals surface area contributed by atoms with Gasteiger partial charge in [0.05, 0.1) is 18.1 Å². The Morgan fingerprint density at radius 3 is 2.32 bits per heavy atom. The third-order valence-corrected chi connectivity index (χ3v) is 13.3. The molecule has 0 unspecified atom stereocenters. The Morgan fingerprint density at radius 1 is 1.05 bits per heavy atom. The van der Waals surface area contributed by atoms with Crippen molar-refractivity contribution in [1.29, 1.82) is 0 Å². The minimum atomic E-state index is -3.71. The number of benzene rings is 2. The predicted molar refractivity (Wildman–Crippen MR) is 153 cm³/mol. The van der Waals surface area contributed by atoms with Crippen LogP contribution in [0.3, 0.4) is 0 Å². The Bertz CT molecular complexity index is 1160. The fourth-order valence-corrected chi connectivity index (χ4v) is 5.87. The highest BCUT2D eigenvalue weighted by Gasteiger charge is 2.40. The Labute approximate surface area is 229 Å². The van der Waals surface area contributed by atoms with Crippen LogP contribution in [0.15, 0.2) is 71.1 Å². The summed E-state index contributed by atoms with van der Waals surface area (Å²) in [7, 11) is -4.19. The molecule has 3 rings (SSSR count). The molecule has 3 atom stereocenters. The molecule has 1 N–H and O–H groups in total. The van der Waals surface area contributed by atoms with Gasteiger partial charge in [-0.2, -0.15) is 0 Å². The molecule has 0 saturated heterocycles. The average Bonchev–Trinajstić information content (AvgIpc) is 3.04. The summed E-state index contributed by atoms with van der Waals surface area (Å²) in [5, 5.41) is 0.0289. The molecule has 2 aromatic rings. The number of sulfonamides is 1. The fourth-order valence-electron chi connectivity index (χ4n) is 3.84. The minimum Gasteiger partial charge on any atom is -0.414 e. The van der Waals surface area contributed by atoms with Crippen molar-refractivity contribution in [3.8, 4) is 0 Å². The molecule has 38 heavy (non-hydrogen) atoms. The summed E-state index contributed by atoms with van der Waals surface area (Å²) < 4.78 is 53.9. The summed E-state index contributed by atoms with van der Waals surface area (Å²) in [4.78, 5) is 0.225. The van der Waals surface area contributed by atoms with Gasteiger partial charge in [0.2, 0.25) is 10.0 Å². The van der Waals surface area contributed by atoms with Gasteiger partial charge in [-0.15, -0.1) is 0 Å². The Balaban J connectivity index is 1.87. The molecular formula is C29H43NO6SSi. The van der Waals surface area contributed by atoms with Crippen LogP contribution in [0.25, 0.3) is 0 Å². The summed E-state index contributed by atoms with van der Waals surface area (Å²) >= 11 is 0. The fraction of sp³-hybridized carbons (Fsp3) is 0.517. The zero-order chi connectivity index (χ0) is 28.0. The van der Waals surface area contributed by atoms with Crippen molar-refractivity contribution in [2.75, 3.05) is 20.3 Å². The highest BCUT2D eigenvalue weighted by Crippen LogP contribution is 2.37. The van der Waals surface area contributed by atoms with Crippen molar-refractivity contribution in [3.63, 3.8) is 0 Å². The van der Waals surface area contributed by atoms with Crippen LogP contribution < -0.4 is 4.72 Å². The molecule has 7 nitrogen and oxygen atoms in total. The van der Waals surface area contributed by atoms with E-state index >= 15 is 0 Å². The molecule has 0 aromatic heterocycles. The highest BCUT2D eigenvalue weighted by atomic mass is 32.2. The van der Waals surface area contributed by atoms with Crippen LogP contribution in [0.1, 0.15) is 38.3 Å². The maximum absolute atomic E-state index is 13.1. The Morgan fingerprint density at radius 2 is 1.71 bits per heavy atom. The van der Waals surface area contributed by atoms with E-state index in [1.807, 2.05) is 43.3 Å². The zero-order valence-electron chi connectivity index (χ0n) is 23.7. The van der Waals surface area contributed by atoms with Gasteiger partial charge in [0, 0.05) is 20.1 Å². The normalized spacial score (nSPS) is 21.1. The summed E-state index contributed by atoms with van der Waals surface area (Å²) in [6, 6.07) is 16.7. The molecule has 0 spiro atoms. The second-order valence-electron chi connectivity index (χ2n) is 11.3. The van der Waals surface area contributed by atoms with Crippen LogP contribution in [0.4, 0.5) is 0 Å². The molecule has 1 aliphatic rings. The van der Waals surface area contributed by atoms with Gasteiger partial charge in [0.15, 0.2) is 14.6 Å². The molecule has 0 radical (unpaired) electrons. The molecule has 0 amide bonds. The number of nitrogens with one attached hydrogen (secondary N) is 1. The van der Waals surface area contributed by atoms with Gasteiger partial charge in [-0.05, 0) is 48.3 Å². The number of ether oxygens (including phenoxy) is 3.